The van der Waals surface area contributed by atoms with Gasteiger partial charge in [0.1, 0.15) is 11.6 Å². The normalized spacial score (nSPS) is 18.8. The Morgan fingerprint density at radius 1 is 1.03 bits per heavy atom. The van der Waals surface area contributed by atoms with Crippen LogP contribution in [0.5, 0.6) is 0 Å². The maximum atomic E-state index is 13.1. The SMILES string of the molecule is CC(NC(=O)OC(C)(C)C)C(=O)N1CCN(S(=O)(=O)c2ccc3c(c2)CCCC3)CC1. The van der Waals surface area contributed by atoms with Crippen molar-refractivity contribution in [3.63, 3.8) is 0 Å². The second kappa shape index (κ2) is 9.16. The zero-order valence-corrected chi connectivity index (χ0v) is 19.6. The molecule has 1 unspecified atom stereocenters. The predicted octanol–water partition coefficient (Wildman–Crippen LogP) is 2.31. The molecule has 31 heavy (non-hydrogen) atoms. The van der Waals surface area contributed by atoms with Crippen LogP contribution in [0.4, 0.5) is 4.79 Å². The molecule has 1 aromatic rings. The zero-order chi connectivity index (χ0) is 22.8. The van der Waals surface area contributed by atoms with Crippen LogP contribution in [0.3, 0.4) is 0 Å². The maximum Gasteiger partial charge on any atom is 0.408 e. The van der Waals surface area contributed by atoms with Crippen molar-refractivity contribution < 1.29 is 22.7 Å². The lowest BCUT2D eigenvalue weighted by molar-refractivity contribution is -0.134. The summed E-state index contributed by atoms with van der Waals surface area (Å²) >= 11 is 0. The molecule has 1 aliphatic carbocycles. The predicted molar refractivity (Wildman–Crippen MR) is 117 cm³/mol. The van der Waals surface area contributed by atoms with E-state index in [4.69, 9.17) is 4.74 Å². The highest BCUT2D eigenvalue weighted by Crippen LogP contribution is 2.26. The fraction of sp³-hybridized carbons (Fsp3) is 0.636. The van der Waals surface area contributed by atoms with Crippen molar-refractivity contribution in [2.45, 2.75) is 69.9 Å². The number of hydrogen-bond acceptors (Lipinski definition) is 5. The third kappa shape index (κ3) is 5.77. The fourth-order valence-electron chi connectivity index (χ4n) is 3.99. The van der Waals surface area contributed by atoms with E-state index in [-0.39, 0.29) is 32.1 Å². The van der Waals surface area contributed by atoms with Gasteiger partial charge in [0.2, 0.25) is 15.9 Å². The van der Waals surface area contributed by atoms with E-state index >= 15 is 0 Å². The van der Waals surface area contributed by atoms with Crippen LogP contribution in [0.2, 0.25) is 0 Å². The number of nitrogens with one attached hydrogen (secondary N) is 1. The standard InChI is InChI=1S/C22H33N3O5S/c1-16(23-21(27)30-22(2,3)4)20(26)24-11-13-25(14-12-24)31(28,29)19-10-9-17-7-5-6-8-18(17)15-19/h9-10,15-16H,5-8,11-14H2,1-4H3,(H,23,27). The van der Waals surface area contributed by atoms with Gasteiger partial charge in [-0.3, -0.25) is 4.79 Å². The van der Waals surface area contributed by atoms with Crippen molar-refractivity contribution in [3.8, 4) is 0 Å². The molecule has 2 amide bonds. The third-order valence-corrected chi connectivity index (χ3v) is 7.51. The Hall–Kier alpha value is -2.13. The summed E-state index contributed by atoms with van der Waals surface area (Å²) in [5.74, 6) is -0.253. The molecule has 0 spiro atoms. The zero-order valence-electron chi connectivity index (χ0n) is 18.8. The number of aryl methyl sites for hydroxylation is 2. The van der Waals surface area contributed by atoms with E-state index in [1.165, 1.54) is 9.87 Å². The molecule has 3 rings (SSSR count). The van der Waals surface area contributed by atoms with E-state index in [0.717, 1.165) is 31.2 Å². The van der Waals surface area contributed by atoms with E-state index < -0.39 is 27.8 Å². The van der Waals surface area contributed by atoms with E-state index in [0.29, 0.717) is 4.90 Å². The fourth-order valence-corrected chi connectivity index (χ4v) is 5.46. The van der Waals surface area contributed by atoms with Crippen molar-refractivity contribution in [1.82, 2.24) is 14.5 Å². The molecule has 0 bridgehead atoms. The summed E-state index contributed by atoms with van der Waals surface area (Å²) in [6.07, 6.45) is 3.51. The minimum absolute atomic E-state index is 0.227. The van der Waals surface area contributed by atoms with Gasteiger partial charge >= 0.3 is 6.09 Å². The van der Waals surface area contributed by atoms with E-state index in [2.05, 4.69) is 5.32 Å². The number of sulfonamides is 1. The summed E-state index contributed by atoms with van der Waals surface area (Å²) in [5, 5.41) is 2.55. The summed E-state index contributed by atoms with van der Waals surface area (Å²) in [5.41, 5.74) is 1.72. The van der Waals surface area contributed by atoms with Gasteiger partial charge in [0.15, 0.2) is 0 Å². The minimum atomic E-state index is -3.60. The first kappa shape index (κ1) is 23.5. The Morgan fingerprint density at radius 2 is 1.65 bits per heavy atom. The van der Waals surface area contributed by atoms with Crippen molar-refractivity contribution in [2.75, 3.05) is 26.2 Å². The Bertz CT molecular complexity index is 931. The number of rotatable bonds is 4. The maximum absolute atomic E-state index is 13.1. The summed E-state index contributed by atoms with van der Waals surface area (Å²) in [6, 6.07) is 4.70. The largest absolute Gasteiger partial charge is 0.444 e. The lowest BCUT2D eigenvalue weighted by Gasteiger charge is -2.35. The molecular weight excluding hydrogens is 418 g/mol. The number of ether oxygens (including phenoxy) is 1. The topological polar surface area (TPSA) is 96.0 Å². The monoisotopic (exact) mass is 451 g/mol. The smallest absolute Gasteiger partial charge is 0.408 e. The number of carbonyl (C=O) groups excluding carboxylic acids is 2. The number of alkyl carbamates (subject to hydrolysis) is 1. The Labute approximate surface area is 185 Å². The number of hydrogen-bond donors (Lipinski definition) is 1. The third-order valence-electron chi connectivity index (χ3n) is 5.61. The Morgan fingerprint density at radius 3 is 2.26 bits per heavy atom. The molecule has 0 saturated carbocycles. The van der Waals surface area contributed by atoms with Gasteiger partial charge in [-0.2, -0.15) is 4.31 Å². The van der Waals surface area contributed by atoms with Crippen LogP contribution in [-0.2, 0) is 32.4 Å². The number of fused-ring (bicyclic) bond motifs is 1. The molecule has 1 aliphatic heterocycles. The van der Waals surface area contributed by atoms with Gasteiger partial charge in [-0.1, -0.05) is 6.07 Å². The Balaban J connectivity index is 1.58. The highest BCUT2D eigenvalue weighted by Gasteiger charge is 2.32. The average molecular weight is 452 g/mol. The number of piperazine rings is 1. The minimum Gasteiger partial charge on any atom is -0.444 e. The molecule has 1 N–H and O–H groups in total. The number of benzene rings is 1. The second-order valence-electron chi connectivity index (χ2n) is 9.23. The summed E-state index contributed by atoms with van der Waals surface area (Å²) in [6.45, 7) is 7.87. The first-order valence-corrected chi connectivity index (χ1v) is 12.3. The quantitative estimate of drug-likeness (QED) is 0.758. The van der Waals surface area contributed by atoms with Crippen molar-refractivity contribution in [3.05, 3.63) is 29.3 Å². The first-order chi connectivity index (χ1) is 14.5. The molecule has 172 valence electrons. The van der Waals surface area contributed by atoms with Crippen molar-refractivity contribution in [2.24, 2.45) is 0 Å². The molecule has 8 nitrogen and oxygen atoms in total. The molecule has 0 aromatic heterocycles. The molecule has 1 aromatic carbocycles. The van der Waals surface area contributed by atoms with E-state index in [9.17, 15) is 18.0 Å². The van der Waals surface area contributed by atoms with Gasteiger partial charge in [0.05, 0.1) is 4.90 Å². The van der Waals surface area contributed by atoms with Gasteiger partial charge < -0.3 is 15.0 Å². The molecule has 9 heteroatoms. The lowest BCUT2D eigenvalue weighted by Crippen LogP contribution is -2.55. The summed E-state index contributed by atoms with van der Waals surface area (Å²) in [7, 11) is -3.60. The van der Waals surface area contributed by atoms with Crippen molar-refractivity contribution >= 4 is 22.0 Å². The van der Waals surface area contributed by atoms with Crippen molar-refractivity contribution in [1.29, 1.82) is 0 Å². The van der Waals surface area contributed by atoms with Crippen LogP contribution >= 0.6 is 0 Å². The van der Waals surface area contributed by atoms with Crippen LogP contribution < -0.4 is 5.32 Å². The van der Waals surface area contributed by atoms with Crippen LogP contribution in [-0.4, -0.2) is 67.4 Å². The molecule has 1 saturated heterocycles. The molecule has 1 heterocycles. The van der Waals surface area contributed by atoms with Gasteiger partial charge in [-0.25, -0.2) is 13.2 Å². The highest BCUT2D eigenvalue weighted by molar-refractivity contribution is 7.89. The second-order valence-corrected chi connectivity index (χ2v) is 11.2. The molecule has 2 aliphatic rings. The Kier molecular flexibility index (Phi) is 6.95. The molecule has 0 radical (unpaired) electrons. The molecule has 1 fully saturated rings. The van der Waals surface area contributed by atoms with Gasteiger partial charge in [-0.15, -0.1) is 0 Å². The molecular formula is C22H33N3O5S. The van der Waals surface area contributed by atoms with E-state index in [1.54, 1.807) is 38.7 Å². The summed E-state index contributed by atoms with van der Waals surface area (Å²) < 4.78 is 32.8. The lowest BCUT2D eigenvalue weighted by atomic mass is 9.92. The van der Waals surface area contributed by atoms with Gasteiger partial charge in [-0.05, 0) is 76.6 Å². The molecule has 1 atom stereocenters. The van der Waals surface area contributed by atoms with Crippen LogP contribution in [0, 0.1) is 0 Å². The van der Waals surface area contributed by atoms with Crippen LogP contribution in [0.15, 0.2) is 23.1 Å². The summed E-state index contributed by atoms with van der Waals surface area (Å²) in [4.78, 5) is 26.5. The van der Waals surface area contributed by atoms with Crippen LogP contribution in [0.1, 0.15) is 51.7 Å². The van der Waals surface area contributed by atoms with Crippen LogP contribution in [0.25, 0.3) is 0 Å². The average Bonchev–Trinajstić information content (AvgIpc) is 2.71. The number of amides is 2. The van der Waals surface area contributed by atoms with E-state index in [1.807, 2.05) is 12.1 Å². The number of nitrogens with zero attached hydrogens (tertiary/aromatic N) is 2. The first-order valence-electron chi connectivity index (χ1n) is 10.9. The highest BCUT2D eigenvalue weighted by atomic mass is 32.2. The van der Waals surface area contributed by atoms with Gasteiger partial charge in [0.25, 0.3) is 0 Å². The van der Waals surface area contributed by atoms with Gasteiger partial charge in [0, 0.05) is 26.2 Å². The number of carbonyl (C=O) groups is 2.